The van der Waals surface area contributed by atoms with E-state index in [-0.39, 0.29) is 0 Å². The van der Waals surface area contributed by atoms with Crippen molar-refractivity contribution in [3.63, 3.8) is 0 Å². The largest absolute Gasteiger partial charge is 0.454 e. The molecule has 3 nitrogen and oxygen atoms in total. The number of hydrogen-bond acceptors (Lipinski definition) is 3. The molecule has 2 heterocycles. The smallest absolute Gasteiger partial charge is 0.159 e. The predicted octanol–water partition coefficient (Wildman–Crippen LogP) is 5.49. The van der Waals surface area contributed by atoms with E-state index in [1.165, 1.54) is 22.0 Å². The number of hydrogen-bond donors (Lipinski definition) is 0. The van der Waals surface area contributed by atoms with Crippen molar-refractivity contribution in [2.45, 2.75) is 33.9 Å². The number of para-hydroxylation sites is 1. The van der Waals surface area contributed by atoms with E-state index in [2.05, 4.69) is 74.2 Å². The van der Waals surface area contributed by atoms with Crippen LogP contribution in [0.25, 0.3) is 21.9 Å². The molecule has 1 atom stereocenters. The topological polar surface area (TPSA) is 19.6 Å². The third-order valence-electron chi connectivity index (χ3n) is 4.86. The van der Waals surface area contributed by atoms with Gasteiger partial charge in [0.1, 0.15) is 11.7 Å². The Balaban J connectivity index is 1.85. The van der Waals surface area contributed by atoms with E-state index in [1.54, 1.807) is 0 Å². The van der Waals surface area contributed by atoms with Crippen molar-refractivity contribution in [1.29, 1.82) is 0 Å². The van der Waals surface area contributed by atoms with Crippen LogP contribution in [0, 0.1) is 12.8 Å². The molecule has 1 aromatic heterocycles. The maximum atomic E-state index is 6.25. The maximum Gasteiger partial charge on any atom is 0.159 e. The first kappa shape index (κ1) is 15.1. The molecule has 3 heteroatoms. The first-order chi connectivity index (χ1) is 11.6. The molecule has 0 fully saturated rings. The molecular weight excluding hydrogens is 296 g/mol. The van der Waals surface area contributed by atoms with Gasteiger partial charge in [-0.05, 0) is 31.4 Å². The molecule has 1 aliphatic rings. The minimum atomic E-state index is 0.296. The van der Waals surface area contributed by atoms with Gasteiger partial charge in [-0.1, -0.05) is 44.2 Å². The SMILES string of the molecule is Cc1ccc2c(oc3ccccc32)c1N1C=CN(CC(C)C)[C@@H]1C. The molecule has 0 spiro atoms. The Morgan fingerprint density at radius 3 is 2.62 bits per heavy atom. The molecule has 124 valence electrons. The van der Waals surface area contributed by atoms with Crippen LogP contribution in [0.3, 0.4) is 0 Å². The summed E-state index contributed by atoms with van der Waals surface area (Å²) < 4.78 is 6.25. The van der Waals surface area contributed by atoms with Crippen molar-refractivity contribution < 1.29 is 4.42 Å². The molecule has 0 saturated heterocycles. The van der Waals surface area contributed by atoms with Gasteiger partial charge in [0.05, 0.1) is 5.69 Å². The molecule has 3 aromatic rings. The standard InChI is InChI=1S/C21H24N2O/c1-14(2)13-22-11-12-23(16(22)4)20-15(3)9-10-18-17-7-5-6-8-19(17)24-21(18)20/h5-12,14,16H,13H2,1-4H3/t16-/m0/s1. The summed E-state index contributed by atoms with van der Waals surface area (Å²) in [4.78, 5) is 4.73. The lowest BCUT2D eigenvalue weighted by Crippen LogP contribution is -2.38. The van der Waals surface area contributed by atoms with Gasteiger partial charge in [0.15, 0.2) is 5.58 Å². The van der Waals surface area contributed by atoms with Crippen LogP contribution >= 0.6 is 0 Å². The van der Waals surface area contributed by atoms with E-state index in [0.717, 1.165) is 17.7 Å². The molecule has 24 heavy (non-hydrogen) atoms. The van der Waals surface area contributed by atoms with Crippen LogP contribution in [-0.4, -0.2) is 17.6 Å². The van der Waals surface area contributed by atoms with Crippen molar-refractivity contribution in [2.24, 2.45) is 5.92 Å². The molecule has 0 radical (unpaired) electrons. The summed E-state index contributed by atoms with van der Waals surface area (Å²) in [7, 11) is 0. The average molecular weight is 320 g/mol. The number of nitrogens with zero attached hydrogens (tertiary/aromatic N) is 2. The second-order valence-corrected chi connectivity index (χ2v) is 7.13. The molecule has 2 aromatic carbocycles. The van der Waals surface area contributed by atoms with Gasteiger partial charge >= 0.3 is 0 Å². The number of fused-ring (bicyclic) bond motifs is 3. The predicted molar refractivity (Wildman–Crippen MR) is 101 cm³/mol. The Kier molecular flexibility index (Phi) is 3.52. The maximum absolute atomic E-state index is 6.25. The summed E-state index contributed by atoms with van der Waals surface area (Å²) >= 11 is 0. The van der Waals surface area contributed by atoms with Crippen LogP contribution in [0.15, 0.2) is 53.2 Å². The van der Waals surface area contributed by atoms with Gasteiger partial charge in [-0.3, -0.25) is 0 Å². The average Bonchev–Trinajstić information content (AvgIpc) is 3.09. The van der Waals surface area contributed by atoms with Gasteiger partial charge in [-0.25, -0.2) is 0 Å². The summed E-state index contributed by atoms with van der Waals surface area (Å²) in [6, 6.07) is 12.7. The van der Waals surface area contributed by atoms with E-state index in [9.17, 15) is 0 Å². The molecule has 0 saturated carbocycles. The van der Waals surface area contributed by atoms with E-state index in [4.69, 9.17) is 4.42 Å². The second-order valence-electron chi connectivity index (χ2n) is 7.13. The third kappa shape index (κ3) is 2.27. The van der Waals surface area contributed by atoms with Crippen LogP contribution in [0.1, 0.15) is 26.3 Å². The summed E-state index contributed by atoms with van der Waals surface area (Å²) in [5, 5.41) is 2.37. The zero-order valence-electron chi connectivity index (χ0n) is 14.8. The minimum Gasteiger partial charge on any atom is -0.454 e. The van der Waals surface area contributed by atoms with Crippen molar-refractivity contribution in [2.75, 3.05) is 11.4 Å². The lowest BCUT2D eigenvalue weighted by atomic mass is 10.1. The first-order valence-corrected chi connectivity index (χ1v) is 8.69. The third-order valence-corrected chi connectivity index (χ3v) is 4.86. The minimum absolute atomic E-state index is 0.296. The normalized spacial score (nSPS) is 17.8. The van der Waals surface area contributed by atoms with Gasteiger partial charge in [0.2, 0.25) is 0 Å². The van der Waals surface area contributed by atoms with Crippen molar-refractivity contribution in [3.05, 3.63) is 54.4 Å². The fourth-order valence-corrected chi connectivity index (χ4v) is 3.66. The van der Waals surface area contributed by atoms with Crippen LogP contribution < -0.4 is 4.90 Å². The van der Waals surface area contributed by atoms with Crippen LogP contribution in [-0.2, 0) is 0 Å². The van der Waals surface area contributed by atoms with E-state index < -0.39 is 0 Å². The zero-order chi connectivity index (χ0) is 16.8. The van der Waals surface area contributed by atoms with Gasteiger partial charge in [-0.2, -0.15) is 0 Å². The first-order valence-electron chi connectivity index (χ1n) is 8.69. The molecule has 1 aliphatic heterocycles. The Bertz CT molecular complexity index is 922. The highest BCUT2D eigenvalue weighted by Gasteiger charge is 2.27. The molecule has 0 bridgehead atoms. The summed E-state index contributed by atoms with van der Waals surface area (Å²) in [5.41, 5.74) is 4.36. The number of rotatable bonds is 3. The van der Waals surface area contributed by atoms with E-state index in [0.29, 0.717) is 12.1 Å². The van der Waals surface area contributed by atoms with Gasteiger partial charge in [0.25, 0.3) is 0 Å². The second kappa shape index (κ2) is 5.59. The van der Waals surface area contributed by atoms with Crippen LogP contribution in [0.5, 0.6) is 0 Å². The van der Waals surface area contributed by atoms with Crippen LogP contribution in [0.4, 0.5) is 5.69 Å². The lowest BCUT2D eigenvalue weighted by Gasteiger charge is -2.31. The highest BCUT2D eigenvalue weighted by atomic mass is 16.3. The molecule has 0 unspecified atom stereocenters. The Morgan fingerprint density at radius 1 is 1.04 bits per heavy atom. The highest BCUT2D eigenvalue weighted by molar-refractivity contribution is 6.09. The van der Waals surface area contributed by atoms with E-state index >= 15 is 0 Å². The fourth-order valence-electron chi connectivity index (χ4n) is 3.66. The zero-order valence-corrected chi connectivity index (χ0v) is 14.8. The Labute approximate surface area is 143 Å². The summed E-state index contributed by atoms with van der Waals surface area (Å²) in [6.45, 7) is 9.99. The molecule has 0 aliphatic carbocycles. The van der Waals surface area contributed by atoms with Crippen molar-refractivity contribution in [1.82, 2.24) is 4.90 Å². The quantitative estimate of drug-likeness (QED) is 0.636. The van der Waals surface area contributed by atoms with Crippen molar-refractivity contribution >= 4 is 27.6 Å². The monoisotopic (exact) mass is 320 g/mol. The summed E-state index contributed by atoms with van der Waals surface area (Å²) in [5.74, 6) is 0.639. The van der Waals surface area contributed by atoms with Gasteiger partial charge in [-0.15, -0.1) is 0 Å². The highest BCUT2D eigenvalue weighted by Crippen LogP contribution is 2.39. The summed E-state index contributed by atoms with van der Waals surface area (Å²) in [6.07, 6.45) is 4.68. The number of furan rings is 1. The Morgan fingerprint density at radius 2 is 1.83 bits per heavy atom. The van der Waals surface area contributed by atoms with E-state index in [1.807, 2.05) is 12.1 Å². The fraction of sp³-hybridized carbons (Fsp3) is 0.333. The van der Waals surface area contributed by atoms with Gasteiger partial charge in [0, 0.05) is 29.7 Å². The Hall–Kier alpha value is -2.42. The molecular formula is C21H24N2O. The van der Waals surface area contributed by atoms with Crippen LogP contribution in [0.2, 0.25) is 0 Å². The number of anilines is 1. The molecule has 0 amide bonds. The van der Waals surface area contributed by atoms with Gasteiger partial charge < -0.3 is 14.2 Å². The number of aryl methyl sites for hydroxylation is 1. The lowest BCUT2D eigenvalue weighted by molar-refractivity contribution is 0.284. The molecule has 4 rings (SSSR count). The molecule has 0 N–H and O–H groups in total. The van der Waals surface area contributed by atoms with Crippen molar-refractivity contribution in [3.8, 4) is 0 Å². The number of benzene rings is 2.